The van der Waals surface area contributed by atoms with E-state index in [-0.39, 0.29) is 25.2 Å². The largest absolute Gasteiger partial charge is 0.468 e. The molecule has 1 saturated carbocycles. The van der Waals surface area contributed by atoms with Gasteiger partial charge in [0.2, 0.25) is 0 Å². The highest BCUT2D eigenvalue weighted by atomic mass is 35.5. The van der Waals surface area contributed by atoms with Crippen LogP contribution in [0, 0.1) is 11.3 Å². The quantitative estimate of drug-likeness (QED) is 0.441. The Morgan fingerprint density at radius 3 is 2.33 bits per heavy atom. The molecule has 100 valence electrons. The average molecular weight is 275 g/mol. The number of esters is 2. The topological polar surface area (TPSA) is 69.7 Å². The van der Waals surface area contributed by atoms with Crippen molar-refractivity contribution in [3.05, 3.63) is 11.1 Å². The minimum absolute atomic E-state index is 0.133. The second kappa shape index (κ2) is 6.00. The van der Waals surface area contributed by atoms with Gasteiger partial charge in [-0.15, -0.1) is 0 Å². The van der Waals surface area contributed by atoms with E-state index in [1.165, 1.54) is 19.8 Å². The highest BCUT2D eigenvalue weighted by molar-refractivity contribution is 6.25. The van der Waals surface area contributed by atoms with Gasteiger partial charge in [-0.3, -0.25) is 9.59 Å². The van der Waals surface area contributed by atoms with Gasteiger partial charge in [0.25, 0.3) is 0 Å². The number of hydrogen-bond donors (Lipinski definition) is 0. The summed E-state index contributed by atoms with van der Waals surface area (Å²) < 4.78 is 9.36. The summed E-state index contributed by atoms with van der Waals surface area (Å²) in [4.78, 5) is 34.3. The Balaban J connectivity index is 3.12. The second-order valence-corrected chi connectivity index (χ2v) is 4.45. The first-order valence-corrected chi connectivity index (χ1v) is 5.89. The van der Waals surface area contributed by atoms with Gasteiger partial charge in [-0.05, 0) is 18.8 Å². The first-order valence-electron chi connectivity index (χ1n) is 5.45. The van der Waals surface area contributed by atoms with Gasteiger partial charge >= 0.3 is 11.9 Å². The third-order valence-corrected chi connectivity index (χ3v) is 3.58. The van der Waals surface area contributed by atoms with Crippen LogP contribution in [-0.4, -0.2) is 32.4 Å². The van der Waals surface area contributed by atoms with E-state index in [4.69, 9.17) is 11.6 Å². The number of methoxy groups -OCH3 is 2. The van der Waals surface area contributed by atoms with Gasteiger partial charge in [0.15, 0.2) is 5.41 Å². The summed E-state index contributed by atoms with van der Waals surface area (Å²) in [5.41, 5.74) is 0.638. The van der Waals surface area contributed by atoms with E-state index in [0.717, 1.165) is 6.29 Å². The molecule has 1 aliphatic carbocycles. The molecule has 0 spiro atoms. The van der Waals surface area contributed by atoms with Crippen molar-refractivity contribution in [3.63, 3.8) is 0 Å². The Kier molecular flexibility index (Phi) is 4.90. The lowest BCUT2D eigenvalue weighted by Crippen LogP contribution is -2.39. The highest BCUT2D eigenvalue weighted by Gasteiger charge is 2.55. The van der Waals surface area contributed by atoms with Gasteiger partial charge in [-0.2, -0.15) is 0 Å². The predicted octanol–water partition coefficient (Wildman–Crippen LogP) is 1.44. The molecule has 0 radical (unpaired) electrons. The standard InChI is InChI=1S/C12H15ClO5/c1-17-10(15)12(11(16)18-2)5-8(3-4-14)9(6-12)7-13/h4,7-8H,3,5-6H2,1-2H3/b9-7-. The number of rotatable bonds is 4. The number of halogens is 1. The van der Waals surface area contributed by atoms with Crippen LogP contribution >= 0.6 is 11.6 Å². The van der Waals surface area contributed by atoms with Crippen molar-refractivity contribution in [2.75, 3.05) is 14.2 Å². The van der Waals surface area contributed by atoms with E-state index in [9.17, 15) is 14.4 Å². The molecular weight excluding hydrogens is 260 g/mol. The van der Waals surface area contributed by atoms with Gasteiger partial charge in [0.1, 0.15) is 6.29 Å². The van der Waals surface area contributed by atoms with Crippen molar-refractivity contribution in [1.82, 2.24) is 0 Å². The van der Waals surface area contributed by atoms with Gasteiger partial charge in [-0.1, -0.05) is 17.2 Å². The first-order chi connectivity index (χ1) is 8.55. The fraction of sp³-hybridized carbons (Fsp3) is 0.583. The molecule has 0 aromatic rings. The van der Waals surface area contributed by atoms with Crippen LogP contribution in [0.2, 0.25) is 0 Å². The molecule has 0 aromatic heterocycles. The van der Waals surface area contributed by atoms with Crippen LogP contribution in [0.5, 0.6) is 0 Å². The maximum absolute atomic E-state index is 11.9. The third kappa shape index (κ3) is 2.41. The SMILES string of the molecule is COC(=O)C1(C(=O)OC)C/C(=C/Cl)C(CC=O)C1. The Bertz CT molecular complexity index is 372. The zero-order valence-electron chi connectivity index (χ0n) is 10.3. The lowest BCUT2D eigenvalue weighted by atomic mass is 9.85. The van der Waals surface area contributed by atoms with E-state index >= 15 is 0 Å². The molecule has 0 bridgehead atoms. The summed E-state index contributed by atoms with van der Waals surface area (Å²) in [7, 11) is 2.42. The minimum Gasteiger partial charge on any atom is -0.468 e. The molecular formula is C12H15ClO5. The first kappa shape index (κ1) is 14.7. The van der Waals surface area contributed by atoms with Crippen LogP contribution in [0.25, 0.3) is 0 Å². The molecule has 18 heavy (non-hydrogen) atoms. The van der Waals surface area contributed by atoms with Gasteiger partial charge in [0.05, 0.1) is 14.2 Å². The monoisotopic (exact) mass is 274 g/mol. The molecule has 0 heterocycles. The highest BCUT2D eigenvalue weighted by Crippen LogP contribution is 2.48. The Morgan fingerprint density at radius 2 is 1.94 bits per heavy atom. The number of carbonyl (C=O) groups is 3. The van der Waals surface area contributed by atoms with Crippen LogP contribution in [0.1, 0.15) is 19.3 Å². The number of aldehydes is 1. The fourth-order valence-electron chi connectivity index (χ4n) is 2.38. The predicted molar refractivity (Wildman–Crippen MR) is 63.8 cm³/mol. The van der Waals surface area contributed by atoms with E-state index in [1.807, 2.05) is 0 Å². The Labute approximate surface area is 110 Å². The number of carbonyl (C=O) groups excluding carboxylic acids is 3. The smallest absolute Gasteiger partial charge is 0.323 e. The molecule has 5 nitrogen and oxygen atoms in total. The lowest BCUT2D eigenvalue weighted by Gasteiger charge is -2.22. The summed E-state index contributed by atoms with van der Waals surface area (Å²) in [6.45, 7) is 0. The van der Waals surface area contributed by atoms with Crippen LogP contribution < -0.4 is 0 Å². The molecule has 1 atom stereocenters. The maximum Gasteiger partial charge on any atom is 0.323 e. The molecule has 1 fully saturated rings. The van der Waals surface area contributed by atoms with Crippen molar-refractivity contribution in [3.8, 4) is 0 Å². The summed E-state index contributed by atoms with van der Waals surface area (Å²) in [5.74, 6) is -1.53. The van der Waals surface area contributed by atoms with Crippen molar-refractivity contribution >= 4 is 29.8 Å². The minimum atomic E-state index is -1.38. The number of allylic oxidation sites excluding steroid dienone is 1. The van der Waals surface area contributed by atoms with Gasteiger partial charge < -0.3 is 14.3 Å². The van der Waals surface area contributed by atoms with E-state index in [0.29, 0.717) is 5.57 Å². The third-order valence-electron chi connectivity index (χ3n) is 3.30. The van der Waals surface area contributed by atoms with Crippen molar-refractivity contribution in [2.24, 2.45) is 11.3 Å². The van der Waals surface area contributed by atoms with Crippen LogP contribution in [0.4, 0.5) is 0 Å². The second-order valence-electron chi connectivity index (χ2n) is 4.23. The molecule has 0 amide bonds. The Hall–Kier alpha value is -1.36. The molecule has 1 rings (SSSR count). The van der Waals surface area contributed by atoms with Gasteiger partial charge in [0, 0.05) is 12.0 Å². The fourth-order valence-corrected chi connectivity index (χ4v) is 2.64. The summed E-state index contributed by atoms with van der Waals surface area (Å²) in [6, 6.07) is 0. The van der Waals surface area contributed by atoms with Gasteiger partial charge in [-0.25, -0.2) is 0 Å². The van der Waals surface area contributed by atoms with E-state index < -0.39 is 17.4 Å². The molecule has 0 N–H and O–H groups in total. The van der Waals surface area contributed by atoms with Crippen molar-refractivity contribution in [1.29, 1.82) is 0 Å². The van der Waals surface area contributed by atoms with E-state index in [2.05, 4.69) is 9.47 Å². The van der Waals surface area contributed by atoms with Crippen molar-refractivity contribution < 1.29 is 23.9 Å². The number of hydrogen-bond acceptors (Lipinski definition) is 5. The maximum atomic E-state index is 11.9. The molecule has 6 heteroatoms. The summed E-state index contributed by atoms with van der Waals surface area (Å²) in [5, 5.41) is 0. The van der Waals surface area contributed by atoms with Crippen LogP contribution in [-0.2, 0) is 23.9 Å². The van der Waals surface area contributed by atoms with Crippen LogP contribution in [0.3, 0.4) is 0 Å². The summed E-state index contributed by atoms with van der Waals surface area (Å²) >= 11 is 5.68. The lowest BCUT2D eigenvalue weighted by molar-refractivity contribution is -0.168. The normalized spacial score (nSPS) is 23.7. The molecule has 1 aliphatic rings. The zero-order chi connectivity index (χ0) is 13.8. The molecule has 0 saturated heterocycles. The van der Waals surface area contributed by atoms with E-state index in [1.54, 1.807) is 0 Å². The molecule has 0 aliphatic heterocycles. The van der Waals surface area contributed by atoms with Crippen molar-refractivity contribution in [2.45, 2.75) is 19.3 Å². The molecule has 0 aromatic carbocycles. The molecule has 1 unspecified atom stereocenters. The average Bonchev–Trinajstić information content (AvgIpc) is 2.77. The number of ether oxygens (including phenoxy) is 2. The Morgan fingerprint density at radius 1 is 1.39 bits per heavy atom. The zero-order valence-corrected chi connectivity index (χ0v) is 11.0. The summed E-state index contributed by atoms with van der Waals surface area (Å²) in [6.07, 6.45) is 1.28. The van der Waals surface area contributed by atoms with Crippen LogP contribution in [0.15, 0.2) is 11.1 Å².